The number of hydrogen-bond donors (Lipinski definition) is 1. The van der Waals surface area contributed by atoms with E-state index in [1.54, 1.807) is 25.6 Å². The van der Waals surface area contributed by atoms with Crippen LogP contribution in [-0.2, 0) is 19.1 Å². The second-order valence-corrected chi connectivity index (χ2v) is 4.82. The number of carbonyl (C=O) groups excluding carboxylic acids is 2. The van der Waals surface area contributed by atoms with Crippen LogP contribution in [0.2, 0.25) is 0 Å². The van der Waals surface area contributed by atoms with Crippen molar-refractivity contribution < 1.29 is 19.1 Å². The average molecular weight is 277 g/mol. The van der Waals surface area contributed by atoms with Crippen LogP contribution < -0.4 is 5.73 Å². The fourth-order valence-electron chi connectivity index (χ4n) is 1.29. The minimum absolute atomic E-state index is 0.175. The van der Waals surface area contributed by atoms with Crippen molar-refractivity contribution in [3.05, 3.63) is 0 Å². The molecule has 0 aliphatic rings. The van der Waals surface area contributed by atoms with E-state index in [2.05, 4.69) is 0 Å². The third-order valence-electron chi connectivity index (χ3n) is 2.17. The molecule has 106 valence electrons. The number of nitrogens with two attached hydrogens (primary N) is 1. The van der Waals surface area contributed by atoms with Crippen molar-refractivity contribution >= 4 is 23.7 Å². The third-order valence-corrected chi connectivity index (χ3v) is 3.19. The summed E-state index contributed by atoms with van der Waals surface area (Å²) in [5, 5.41) is 0. The SMILES string of the molecule is CCOC(=O)CSCCCCC(N)C(=O)OCC. The number of rotatable bonds is 10. The number of esters is 2. The molecule has 0 fully saturated rings. The Balaban J connectivity index is 3.40. The van der Waals surface area contributed by atoms with Crippen molar-refractivity contribution in [3.8, 4) is 0 Å². The molecular formula is C12H23NO4S. The maximum Gasteiger partial charge on any atom is 0.322 e. The largest absolute Gasteiger partial charge is 0.465 e. The van der Waals surface area contributed by atoms with Gasteiger partial charge in [0.2, 0.25) is 0 Å². The second-order valence-electron chi connectivity index (χ2n) is 3.71. The summed E-state index contributed by atoms with van der Waals surface area (Å²) in [4.78, 5) is 22.2. The molecule has 0 bridgehead atoms. The predicted octanol–water partition coefficient (Wildman–Crippen LogP) is 1.34. The summed E-state index contributed by atoms with van der Waals surface area (Å²) in [6, 6.07) is -0.528. The minimum Gasteiger partial charge on any atom is -0.465 e. The van der Waals surface area contributed by atoms with Gasteiger partial charge in [-0.3, -0.25) is 9.59 Å². The van der Waals surface area contributed by atoms with Crippen LogP contribution in [0.25, 0.3) is 0 Å². The molecule has 0 aliphatic heterocycles. The minimum atomic E-state index is -0.528. The Morgan fingerprint density at radius 1 is 1.17 bits per heavy atom. The lowest BCUT2D eigenvalue weighted by atomic mass is 10.1. The molecule has 0 aromatic carbocycles. The van der Waals surface area contributed by atoms with Crippen LogP contribution in [0.4, 0.5) is 0 Å². The Hall–Kier alpha value is -0.750. The van der Waals surface area contributed by atoms with Crippen LogP contribution in [0.15, 0.2) is 0 Å². The number of carbonyl (C=O) groups is 2. The number of ether oxygens (including phenoxy) is 2. The van der Waals surface area contributed by atoms with Gasteiger partial charge in [0.15, 0.2) is 0 Å². The lowest BCUT2D eigenvalue weighted by Crippen LogP contribution is -2.32. The number of thioether (sulfide) groups is 1. The maximum atomic E-state index is 11.2. The van der Waals surface area contributed by atoms with Gasteiger partial charge in [-0.1, -0.05) is 6.42 Å². The van der Waals surface area contributed by atoms with Crippen molar-refractivity contribution in [3.63, 3.8) is 0 Å². The van der Waals surface area contributed by atoms with Crippen LogP contribution in [0.3, 0.4) is 0 Å². The summed E-state index contributed by atoms with van der Waals surface area (Å²) < 4.78 is 9.61. The van der Waals surface area contributed by atoms with Crippen LogP contribution in [0.1, 0.15) is 33.1 Å². The fraction of sp³-hybridized carbons (Fsp3) is 0.833. The van der Waals surface area contributed by atoms with Crippen molar-refractivity contribution in [2.45, 2.75) is 39.2 Å². The van der Waals surface area contributed by atoms with E-state index in [-0.39, 0.29) is 11.9 Å². The Morgan fingerprint density at radius 2 is 1.83 bits per heavy atom. The molecule has 0 amide bonds. The summed E-state index contributed by atoms with van der Waals surface area (Å²) in [7, 11) is 0. The monoisotopic (exact) mass is 277 g/mol. The molecule has 2 N–H and O–H groups in total. The average Bonchev–Trinajstić information content (AvgIpc) is 2.33. The predicted molar refractivity (Wildman–Crippen MR) is 72.4 cm³/mol. The van der Waals surface area contributed by atoms with Crippen LogP contribution >= 0.6 is 11.8 Å². The Kier molecular flexibility index (Phi) is 10.9. The molecule has 0 rings (SSSR count). The van der Waals surface area contributed by atoms with Gasteiger partial charge in [-0.05, 0) is 32.4 Å². The smallest absolute Gasteiger partial charge is 0.322 e. The molecule has 0 heterocycles. The first-order chi connectivity index (χ1) is 8.61. The molecule has 0 aliphatic carbocycles. The van der Waals surface area contributed by atoms with Gasteiger partial charge in [-0.25, -0.2) is 0 Å². The first-order valence-electron chi connectivity index (χ1n) is 6.27. The quantitative estimate of drug-likeness (QED) is 0.479. The van der Waals surface area contributed by atoms with Gasteiger partial charge in [0, 0.05) is 0 Å². The van der Waals surface area contributed by atoms with Gasteiger partial charge in [0.25, 0.3) is 0 Å². The highest BCUT2D eigenvalue weighted by Crippen LogP contribution is 2.08. The van der Waals surface area contributed by atoms with Gasteiger partial charge >= 0.3 is 11.9 Å². The van der Waals surface area contributed by atoms with Gasteiger partial charge in [-0.15, -0.1) is 0 Å². The van der Waals surface area contributed by atoms with Gasteiger partial charge in [0.1, 0.15) is 6.04 Å². The molecule has 1 atom stereocenters. The zero-order valence-electron chi connectivity index (χ0n) is 11.1. The highest BCUT2D eigenvalue weighted by molar-refractivity contribution is 7.99. The zero-order valence-corrected chi connectivity index (χ0v) is 12.0. The molecule has 0 saturated carbocycles. The van der Waals surface area contributed by atoms with Gasteiger partial charge in [-0.2, -0.15) is 11.8 Å². The van der Waals surface area contributed by atoms with E-state index >= 15 is 0 Å². The van der Waals surface area contributed by atoms with Crippen molar-refractivity contribution in [1.29, 1.82) is 0 Å². The van der Waals surface area contributed by atoms with E-state index < -0.39 is 6.04 Å². The summed E-state index contributed by atoms with van der Waals surface area (Å²) in [5.41, 5.74) is 5.65. The third kappa shape index (κ3) is 9.30. The molecule has 0 aromatic heterocycles. The molecule has 0 aromatic rings. The Bertz CT molecular complexity index is 248. The van der Waals surface area contributed by atoms with Crippen LogP contribution in [-0.4, -0.2) is 42.7 Å². The van der Waals surface area contributed by atoms with Crippen molar-refractivity contribution in [2.75, 3.05) is 24.7 Å². The molecule has 0 saturated heterocycles. The molecule has 6 heteroatoms. The van der Waals surface area contributed by atoms with Crippen molar-refractivity contribution in [2.24, 2.45) is 5.73 Å². The normalized spacial score (nSPS) is 11.9. The lowest BCUT2D eigenvalue weighted by Gasteiger charge is -2.09. The second kappa shape index (κ2) is 11.3. The van der Waals surface area contributed by atoms with E-state index in [0.29, 0.717) is 25.4 Å². The first-order valence-corrected chi connectivity index (χ1v) is 7.42. The molecule has 1 unspecified atom stereocenters. The molecular weight excluding hydrogens is 254 g/mol. The molecule has 18 heavy (non-hydrogen) atoms. The number of unbranched alkanes of at least 4 members (excludes halogenated alkanes) is 1. The first kappa shape index (κ1) is 17.2. The van der Waals surface area contributed by atoms with E-state index in [0.717, 1.165) is 18.6 Å². The Labute approximate surface area is 113 Å². The molecule has 0 spiro atoms. The summed E-state index contributed by atoms with van der Waals surface area (Å²) in [6.07, 6.45) is 2.41. The highest BCUT2D eigenvalue weighted by atomic mass is 32.2. The standard InChI is InChI=1S/C12H23NO4S/c1-3-16-11(14)9-18-8-6-5-7-10(13)12(15)17-4-2/h10H,3-9,13H2,1-2H3. The maximum absolute atomic E-state index is 11.2. The summed E-state index contributed by atoms with van der Waals surface area (Å²) in [6.45, 7) is 4.34. The van der Waals surface area contributed by atoms with Crippen LogP contribution in [0.5, 0.6) is 0 Å². The van der Waals surface area contributed by atoms with Gasteiger partial charge < -0.3 is 15.2 Å². The molecule has 5 nitrogen and oxygen atoms in total. The van der Waals surface area contributed by atoms with E-state index in [1.165, 1.54) is 0 Å². The van der Waals surface area contributed by atoms with Gasteiger partial charge in [0.05, 0.1) is 19.0 Å². The summed E-state index contributed by atoms with van der Waals surface area (Å²) in [5.74, 6) is 0.744. The fourth-order valence-corrected chi connectivity index (χ4v) is 2.10. The van der Waals surface area contributed by atoms with Crippen LogP contribution in [0, 0.1) is 0 Å². The highest BCUT2D eigenvalue weighted by Gasteiger charge is 2.13. The Morgan fingerprint density at radius 3 is 2.44 bits per heavy atom. The lowest BCUT2D eigenvalue weighted by molar-refractivity contribution is -0.145. The number of hydrogen-bond acceptors (Lipinski definition) is 6. The van der Waals surface area contributed by atoms with E-state index in [1.807, 2.05) is 0 Å². The topological polar surface area (TPSA) is 78.6 Å². The van der Waals surface area contributed by atoms with Crippen molar-refractivity contribution in [1.82, 2.24) is 0 Å². The zero-order chi connectivity index (χ0) is 13.8. The van der Waals surface area contributed by atoms with E-state index in [9.17, 15) is 9.59 Å². The van der Waals surface area contributed by atoms with E-state index in [4.69, 9.17) is 15.2 Å². The molecule has 0 radical (unpaired) electrons. The summed E-state index contributed by atoms with van der Waals surface area (Å²) >= 11 is 1.54.